The van der Waals surface area contributed by atoms with Crippen molar-refractivity contribution >= 4 is 11.6 Å². The zero-order valence-electron chi connectivity index (χ0n) is 6.81. The van der Waals surface area contributed by atoms with Crippen LogP contribution >= 0.6 is 0 Å². The lowest BCUT2D eigenvalue weighted by Gasteiger charge is -1.97. The fourth-order valence-electron chi connectivity index (χ4n) is 0.824. The van der Waals surface area contributed by atoms with E-state index in [1.54, 1.807) is 5.43 Å². The van der Waals surface area contributed by atoms with Gasteiger partial charge in [-0.25, -0.2) is 5.84 Å². The van der Waals surface area contributed by atoms with E-state index in [-0.39, 0.29) is 5.69 Å². The lowest BCUT2D eigenvalue weighted by molar-refractivity contribution is -0.385. The first-order valence-corrected chi connectivity index (χ1v) is 3.44. The number of nitro groups is 1. The zero-order valence-corrected chi connectivity index (χ0v) is 6.81. The molecule has 0 aromatic carbocycles. The van der Waals surface area contributed by atoms with E-state index in [2.05, 4.69) is 4.98 Å². The first-order chi connectivity index (χ1) is 6.56. The van der Waals surface area contributed by atoms with Gasteiger partial charge >= 0.3 is 0 Å². The van der Waals surface area contributed by atoms with E-state index in [9.17, 15) is 19.7 Å². The number of pyridine rings is 1. The van der Waals surface area contributed by atoms with Crippen molar-refractivity contribution in [2.75, 3.05) is 0 Å². The predicted octanol–water partition coefficient (Wildman–Crippen LogP) is -1.11. The molecule has 1 aromatic rings. The molecule has 0 unspecified atom stereocenters. The Balaban J connectivity index is 3.28. The third kappa shape index (κ3) is 1.75. The van der Waals surface area contributed by atoms with Crippen molar-refractivity contribution in [1.29, 1.82) is 0 Å². The number of carbonyl (C=O) groups is 1. The minimum Gasteiger partial charge on any atom is -0.322 e. The van der Waals surface area contributed by atoms with E-state index >= 15 is 0 Å². The Morgan fingerprint density at radius 1 is 1.64 bits per heavy atom. The number of hydrogen-bond acceptors (Lipinski definition) is 5. The summed E-state index contributed by atoms with van der Waals surface area (Å²) in [6, 6.07) is 0.848. The lowest BCUT2D eigenvalue weighted by atomic mass is 10.2. The summed E-state index contributed by atoms with van der Waals surface area (Å²) in [5.74, 6) is 3.90. The topological polar surface area (TPSA) is 131 Å². The summed E-state index contributed by atoms with van der Waals surface area (Å²) in [5, 5.41) is 10.3. The maximum atomic E-state index is 11.0. The van der Waals surface area contributed by atoms with Crippen LogP contribution in [0.25, 0.3) is 0 Å². The van der Waals surface area contributed by atoms with Gasteiger partial charge in [0.05, 0.1) is 11.1 Å². The lowest BCUT2D eigenvalue weighted by Crippen LogP contribution is -2.34. The molecule has 0 aliphatic heterocycles. The van der Waals surface area contributed by atoms with E-state index in [0.717, 1.165) is 12.3 Å². The van der Waals surface area contributed by atoms with Crippen molar-refractivity contribution in [3.8, 4) is 0 Å². The highest BCUT2D eigenvalue weighted by molar-refractivity contribution is 5.93. The number of H-pyrrole nitrogens is 1. The van der Waals surface area contributed by atoms with Gasteiger partial charge in [-0.15, -0.1) is 0 Å². The number of aromatic amines is 1. The maximum Gasteiger partial charge on any atom is 0.286 e. The minimum atomic E-state index is -0.880. The number of nitrogens with two attached hydrogens (primary N) is 1. The number of hydrogen-bond donors (Lipinski definition) is 3. The molecule has 0 fully saturated rings. The third-order valence-electron chi connectivity index (χ3n) is 1.47. The Bertz CT molecular complexity index is 438. The number of nitrogens with one attached hydrogen (secondary N) is 2. The average molecular weight is 198 g/mol. The first kappa shape index (κ1) is 9.86. The smallest absolute Gasteiger partial charge is 0.286 e. The van der Waals surface area contributed by atoms with Crippen molar-refractivity contribution in [3.05, 3.63) is 38.3 Å². The molecular formula is C6H6N4O4. The molecule has 0 bridgehead atoms. The van der Waals surface area contributed by atoms with Crippen LogP contribution in [-0.2, 0) is 0 Å². The average Bonchev–Trinajstić information content (AvgIpc) is 2.17. The van der Waals surface area contributed by atoms with Crippen LogP contribution in [0.15, 0.2) is 17.1 Å². The molecule has 1 heterocycles. The molecule has 8 nitrogen and oxygen atoms in total. The summed E-state index contributed by atoms with van der Waals surface area (Å²) in [6.07, 6.45) is 0.898. The Morgan fingerprint density at radius 2 is 2.29 bits per heavy atom. The van der Waals surface area contributed by atoms with E-state index in [1.807, 2.05) is 0 Å². The summed E-state index contributed by atoms with van der Waals surface area (Å²) in [4.78, 5) is 33.5. The number of nitrogens with zero attached hydrogens (tertiary/aromatic N) is 1. The second-order valence-electron chi connectivity index (χ2n) is 2.33. The summed E-state index contributed by atoms with van der Waals surface area (Å²) in [5.41, 5.74) is 0.182. The van der Waals surface area contributed by atoms with Gasteiger partial charge in [0.1, 0.15) is 5.56 Å². The van der Waals surface area contributed by atoms with Crippen LogP contribution < -0.4 is 16.8 Å². The number of amides is 1. The molecule has 8 heteroatoms. The first-order valence-electron chi connectivity index (χ1n) is 3.44. The van der Waals surface area contributed by atoms with Crippen molar-refractivity contribution < 1.29 is 9.72 Å². The van der Waals surface area contributed by atoms with Gasteiger partial charge in [-0.1, -0.05) is 0 Å². The molecule has 0 aliphatic rings. The molecule has 0 saturated heterocycles. The van der Waals surface area contributed by atoms with Crippen molar-refractivity contribution in [3.63, 3.8) is 0 Å². The Hall–Kier alpha value is -2.22. The maximum absolute atomic E-state index is 11.0. The number of nitrogen functional groups attached to an aromatic ring is 1. The number of aromatic nitrogens is 1. The van der Waals surface area contributed by atoms with E-state index in [0.29, 0.717) is 0 Å². The molecule has 1 amide bonds. The molecule has 0 saturated carbocycles. The van der Waals surface area contributed by atoms with Gasteiger partial charge in [0.15, 0.2) is 0 Å². The van der Waals surface area contributed by atoms with Crippen LogP contribution in [0, 0.1) is 10.1 Å². The predicted molar refractivity (Wildman–Crippen MR) is 45.4 cm³/mol. The second-order valence-corrected chi connectivity index (χ2v) is 2.33. The van der Waals surface area contributed by atoms with E-state index < -0.39 is 22.0 Å². The van der Waals surface area contributed by atoms with Gasteiger partial charge in [-0.2, -0.15) is 0 Å². The highest BCUT2D eigenvalue weighted by Gasteiger charge is 2.14. The van der Waals surface area contributed by atoms with Gasteiger partial charge in [-0.3, -0.25) is 25.1 Å². The minimum absolute atomic E-state index is 0.386. The number of hydrazine groups is 1. The molecule has 74 valence electrons. The van der Waals surface area contributed by atoms with Gasteiger partial charge in [-0.05, 0) is 0 Å². The largest absolute Gasteiger partial charge is 0.322 e. The molecule has 0 aliphatic carbocycles. The standard InChI is InChI=1S/C6H6N4O4/c7-9-6(12)4-1-3(10(13)14)2-8-5(4)11/h1-2H,7H2,(H,8,11)(H,9,12). The molecule has 1 aromatic heterocycles. The van der Waals surface area contributed by atoms with Crippen LogP contribution in [0.1, 0.15) is 10.4 Å². The highest BCUT2D eigenvalue weighted by atomic mass is 16.6. The van der Waals surface area contributed by atoms with Crippen molar-refractivity contribution in [2.45, 2.75) is 0 Å². The van der Waals surface area contributed by atoms with Crippen LogP contribution in [0.4, 0.5) is 5.69 Å². The highest BCUT2D eigenvalue weighted by Crippen LogP contribution is 2.07. The zero-order chi connectivity index (χ0) is 10.7. The van der Waals surface area contributed by atoms with Crippen molar-refractivity contribution in [1.82, 2.24) is 10.4 Å². The van der Waals surface area contributed by atoms with Crippen LogP contribution in [0.5, 0.6) is 0 Å². The van der Waals surface area contributed by atoms with Crippen LogP contribution in [-0.4, -0.2) is 15.8 Å². The van der Waals surface area contributed by atoms with Gasteiger partial charge in [0.25, 0.3) is 17.2 Å². The number of carbonyl (C=O) groups excluding carboxylic acids is 1. The monoisotopic (exact) mass is 198 g/mol. The third-order valence-corrected chi connectivity index (χ3v) is 1.47. The fraction of sp³-hybridized carbons (Fsp3) is 0. The Kier molecular flexibility index (Phi) is 2.58. The SMILES string of the molecule is NNC(=O)c1cc([N+](=O)[O-])c[nH]c1=O. The fourth-order valence-corrected chi connectivity index (χ4v) is 0.824. The molecule has 1 rings (SSSR count). The molecule has 0 atom stereocenters. The van der Waals surface area contributed by atoms with Crippen LogP contribution in [0.3, 0.4) is 0 Å². The molecule has 14 heavy (non-hydrogen) atoms. The van der Waals surface area contributed by atoms with Gasteiger partial charge in [0.2, 0.25) is 0 Å². The van der Waals surface area contributed by atoms with Crippen molar-refractivity contribution in [2.24, 2.45) is 5.84 Å². The Morgan fingerprint density at radius 3 is 2.79 bits per heavy atom. The van der Waals surface area contributed by atoms with E-state index in [4.69, 9.17) is 5.84 Å². The molecule has 4 N–H and O–H groups in total. The Labute approximate surface area is 76.9 Å². The summed E-state index contributed by atoms with van der Waals surface area (Å²) < 4.78 is 0. The van der Waals surface area contributed by atoms with Gasteiger partial charge < -0.3 is 4.98 Å². The number of rotatable bonds is 2. The molecular weight excluding hydrogens is 192 g/mol. The molecule has 0 spiro atoms. The van der Waals surface area contributed by atoms with Gasteiger partial charge in [0, 0.05) is 6.07 Å². The summed E-state index contributed by atoms with van der Waals surface area (Å²) in [6.45, 7) is 0. The summed E-state index contributed by atoms with van der Waals surface area (Å²) in [7, 11) is 0. The summed E-state index contributed by atoms with van der Waals surface area (Å²) >= 11 is 0. The van der Waals surface area contributed by atoms with Crippen LogP contribution in [0.2, 0.25) is 0 Å². The second kappa shape index (κ2) is 3.66. The molecule has 0 radical (unpaired) electrons. The quantitative estimate of drug-likeness (QED) is 0.240. The van der Waals surface area contributed by atoms with E-state index in [1.165, 1.54) is 0 Å². The normalized spacial score (nSPS) is 9.50.